The predicted octanol–water partition coefficient (Wildman–Crippen LogP) is 0.226. The molecule has 3 N–H and O–H groups in total. The molecule has 1 aromatic heterocycles. The van der Waals surface area contributed by atoms with E-state index in [1.165, 1.54) is 23.1 Å². The lowest BCUT2D eigenvalue weighted by Crippen LogP contribution is -2.33. The van der Waals surface area contributed by atoms with Gasteiger partial charge in [-0.05, 0) is 33.7 Å². The van der Waals surface area contributed by atoms with E-state index in [0.717, 1.165) is 11.1 Å². The van der Waals surface area contributed by atoms with Gasteiger partial charge in [0.25, 0.3) is 0 Å². The minimum Gasteiger partial charge on any atom is -0.350 e. The van der Waals surface area contributed by atoms with Crippen LogP contribution in [-0.4, -0.2) is 34.5 Å². The van der Waals surface area contributed by atoms with Crippen molar-refractivity contribution in [3.8, 4) is 0 Å². The van der Waals surface area contributed by atoms with Gasteiger partial charge in [-0.2, -0.15) is 0 Å². The number of nitrogens with zero attached hydrogens (tertiary/aromatic N) is 4. The van der Waals surface area contributed by atoms with Gasteiger partial charge in [0.2, 0.25) is 15.9 Å². The van der Waals surface area contributed by atoms with Gasteiger partial charge in [0.15, 0.2) is 6.04 Å². The first-order valence-electron chi connectivity index (χ1n) is 7.62. The van der Waals surface area contributed by atoms with E-state index in [1.807, 2.05) is 30.3 Å². The van der Waals surface area contributed by atoms with Crippen LogP contribution in [0, 0.1) is 0 Å². The van der Waals surface area contributed by atoms with Crippen LogP contribution in [0.15, 0.2) is 65.8 Å². The van der Waals surface area contributed by atoms with E-state index in [2.05, 4.69) is 20.8 Å². The molecule has 0 aliphatic heterocycles. The largest absolute Gasteiger partial charge is 0.350 e. The summed E-state index contributed by atoms with van der Waals surface area (Å²) in [5.74, 6) is -0.293. The minimum absolute atomic E-state index is 0.0171. The summed E-state index contributed by atoms with van der Waals surface area (Å²) < 4.78 is 23.9. The molecule has 0 saturated heterocycles. The second kappa shape index (κ2) is 7.42. The van der Waals surface area contributed by atoms with Crippen molar-refractivity contribution in [2.45, 2.75) is 17.5 Å². The number of tetrazole rings is 1. The molecular formula is C16H16N6O3S. The number of primary sulfonamides is 1. The summed E-state index contributed by atoms with van der Waals surface area (Å²) in [6.45, 7) is 0.217. The number of aromatic nitrogens is 4. The van der Waals surface area contributed by atoms with Gasteiger partial charge < -0.3 is 5.32 Å². The Labute approximate surface area is 149 Å². The highest BCUT2D eigenvalue weighted by Crippen LogP contribution is 2.17. The minimum atomic E-state index is -3.74. The second-order valence-corrected chi connectivity index (χ2v) is 7.07. The number of amides is 1. The summed E-state index contributed by atoms with van der Waals surface area (Å²) in [4.78, 5) is 12.7. The fraction of sp³-hybridized carbons (Fsp3) is 0.125. The van der Waals surface area contributed by atoms with Crippen molar-refractivity contribution in [2.75, 3.05) is 0 Å². The van der Waals surface area contributed by atoms with Crippen molar-refractivity contribution in [1.29, 1.82) is 0 Å². The van der Waals surface area contributed by atoms with Crippen LogP contribution in [0.25, 0.3) is 0 Å². The smallest absolute Gasteiger partial charge is 0.249 e. The molecule has 2 aromatic carbocycles. The van der Waals surface area contributed by atoms with E-state index in [9.17, 15) is 13.2 Å². The summed E-state index contributed by atoms with van der Waals surface area (Å²) in [6, 6.07) is 14.4. The number of nitrogens with one attached hydrogen (secondary N) is 1. The van der Waals surface area contributed by atoms with Gasteiger partial charge >= 0.3 is 0 Å². The molecule has 3 aromatic rings. The highest BCUT2D eigenvalue weighted by molar-refractivity contribution is 7.89. The van der Waals surface area contributed by atoms with E-state index >= 15 is 0 Å². The molecule has 0 aliphatic rings. The highest BCUT2D eigenvalue weighted by Gasteiger charge is 2.23. The third-order valence-corrected chi connectivity index (χ3v) is 4.64. The zero-order valence-corrected chi connectivity index (χ0v) is 14.4. The molecule has 0 saturated carbocycles. The first-order chi connectivity index (χ1) is 12.4. The first kappa shape index (κ1) is 17.7. The maximum absolute atomic E-state index is 12.7. The number of benzene rings is 2. The molecule has 10 heteroatoms. The summed E-state index contributed by atoms with van der Waals surface area (Å²) in [6.07, 6.45) is 1.37. The molecule has 0 aliphatic carbocycles. The summed E-state index contributed by atoms with van der Waals surface area (Å²) in [7, 11) is -3.74. The number of rotatable bonds is 6. The van der Waals surface area contributed by atoms with Gasteiger partial charge in [-0.15, -0.1) is 5.10 Å². The Bertz CT molecular complexity index is 973. The SMILES string of the molecule is NS(=O)(=O)c1ccc(CNC(=O)[C@@H](c2ccccc2)n2cnnn2)cc1. The molecule has 3 rings (SSSR count). The molecule has 9 nitrogen and oxygen atoms in total. The Hall–Kier alpha value is -3.11. The average Bonchev–Trinajstić information content (AvgIpc) is 3.15. The summed E-state index contributed by atoms with van der Waals surface area (Å²) in [5.41, 5.74) is 1.47. The Morgan fingerprint density at radius 2 is 1.81 bits per heavy atom. The van der Waals surface area contributed by atoms with E-state index in [1.54, 1.807) is 12.1 Å². The number of carbonyl (C=O) groups is 1. The topological polar surface area (TPSA) is 133 Å². The summed E-state index contributed by atoms with van der Waals surface area (Å²) in [5, 5.41) is 18.9. The molecule has 26 heavy (non-hydrogen) atoms. The normalized spacial score (nSPS) is 12.5. The maximum Gasteiger partial charge on any atom is 0.249 e. The zero-order valence-electron chi connectivity index (χ0n) is 13.6. The second-order valence-electron chi connectivity index (χ2n) is 5.51. The quantitative estimate of drug-likeness (QED) is 0.636. The van der Waals surface area contributed by atoms with Crippen molar-refractivity contribution < 1.29 is 13.2 Å². The molecule has 0 unspecified atom stereocenters. The molecule has 1 amide bonds. The molecule has 134 valence electrons. The van der Waals surface area contributed by atoms with Gasteiger partial charge in [-0.1, -0.05) is 42.5 Å². The van der Waals surface area contributed by atoms with E-state index in [-0.39, 0.29) is 17.3 Å². The molecule has 0 bridgehead atoms. The van der Waals surface area contributed by atoms with Crippen molar-refractivity contribution >= 4 is 15.9 Å². The van der Waals surface area contributed by atoms with Crippen molar-refractivity contribution in [2.24, 2.45) is 5.14 Å². The van der Waals surface area contributed by atoms with Gasteiger partial charge in [-0.25, -0.2) is 18.2 Å². The Kier molecular flexibility index (Phi) is 5.05. The van der Waals surface area contributed by atoms with E-state index in [4.69, 9.17) is 5.14 Å². The van der Waals surface area contributed by atoms with Crippen LogP contribution < -0.4 is 10.5 Å². The molecule has 0 fully saturated rings. The van der Waals surface area contributed by atoms with Gasteiger partial charge in [0.05, 0.1) is 4.90 Å². The van der Waals surface area contributed by atoms with Gasteiger partial charge in [-0.3, -0.25) is 4.79 Å². The zero-order chi connectivity index (χ0) is 18.6. The van der Waals surface area contributed by atoms with Crippen molar-refractivity contribution in [3.05, 3.63) is 72.1 Å². The maximum atomic E-state index is 12.7. The first-order valence-corrected chi connectivity index (χ1v) is 9.16. The lowest BCUT2D eigenvalue weighted by Gasteiger charge is -2.16. The van der Waals surface area contributed by atoms with E-state index < -0.39 is 16.1 Å². The fourth-order valence-corrected chi connectivity index (χ4v) is 2.94. The number of hydrogen-bond donors (Lipinski definition) is 2. The standard InChI is InChI=1S/C16H16N6O3S/c17-26(24,25)14-8-6-12(7-9-14)10-18-16(23)15(22-11-19-20-21-22)13-4-2-1-3-5-13/h1-9,11,15H,10H2,(H,18,23)(H2,17,24,25)/t15-/m1/s1. The number of hydrogen-bond acceptors (Lipinski definition) is 6. The lowest BCUT2D eigenvalue weighted by atomic mass is 10.1. The number of carbonyl (C=O) groups excluding carboxylic acids is 1. The number of sulfonamides is 1. The summed E-state index contributed by atoms with van der Waals surface area (Å²) >= 11 is 0. The van der Waals surface area contributed by atoms with Crippen LogP contribution in [0.5, 0.6) is 0 Å². The van der Waals surface area contributed by atoms with Crippen LogP contribution in [0.1, 0.15) is 17.2 Å². The Balaban J connectivity index is 1.75. The fourth-order valence-electron chi connectivity index (χ4n) is 2.43. The third-order valence-electron chi connectivity index (χ3n) is 3.71. The highest BCUT2D eigenvalue weighted by atomic mass is 32.2. The molecule has 0 spiro atoms. The van der Waals surface area contributed by atoms with Crippen LogP contribution in [0.4, 0.5) is 0 Å². The van der Waals surface area contributed by atoms with Gasteiger partial charge in [0, 0.05) is 6.54 Å². The van der Waals surface area contributed by atoms with Crippen molar-refractivity contribution in [1.82, 2.24) is 25.5 Å². The molecule has 0 radical (unpaired) electrons. The van der Waals surface area contributed by atoms with E-state index in [0.29, 0.717) is 0 Å². The van der Waals surface area contributed by atoms with Crippen LogP contribution >= 0.6 is 0 Å². The monoisotopic (exact) mass is 372 g/mol. The third kappa shape index (κ3) is 4.10. The van der Waals surface area contributed by atoms with Crippen molar-refractivity contribution in [3.63, 3.8) is 0 Å². The van der Waals surface area contributed by atoms with Crippen LogP contribution in [0.2, 0.25) is 0 Å². The average molecular weight is 372 g/mol. The Morgan fingerprint density at radius 3 is 2.38 bits per heavy atom. The molecular weight excluding hydrogens is 356 g/mol. The van der Waals surface area contributed by atoms with Crippen LogP contribution in [0.3, 0.4) is 0 Å². The Morgan fingerprint density at radius 1 is 1.12 bits per heavy atom. The molecule has 1 atom stereocenters. The molecule has 1 heterocycles. The number of nitrogens with two attached hydrogens (primary N) is 1. The van der Waals surface area contributed by atoms with Gasteiger partial charge in [0.1, 0.15) is 6.33 Å². The lowest BCUT2D eigenvalue weighted by molar-refractivity contribution is -0.123. The van der Waals surface area contributed by atoms with Crippen LogP contribution in [-0.2, 0) is 21.4 Å². The predicted molar refractivity (Wildman–Crippen MR) is 92.1 cm³/mol.